The van der Waals surface area contributed by atoms with E-state index in [1.165, 1.54) is 0 Å². The van der Waals surface area contributed by atoms with E-state index in [0.717, 1.165) is 21.6 Å². The standard InChI is InChI=1S/C9H9NO3S/c11-3-4-13-6-1-2-7-8(5-6)14-9(12)10-7/h1-2,5,11H,3-4H2,(H,10,12). The van der Waals surface area contributed by atoms with E-state index in [1.54, 1.807) is 18.2 Å². The van der Waals surface area contributed by atoms with Gasteiger partial charge in [-0.15, -0.1) is 0 Å². The van der Waals surface area contributed by atoms with Gasteiger partial charge in [-0.3, -0.25) is 4.79 Å². The molecular weight excluding hydrogens is 202 g/mol. The first-order valence-corrected chi connectivity index (χ1v) is 4.98. The van der Waals surface area contributed by atoms with Gasteiger partial charge < -0.3 is 14.8 Å². The average molecular weight is 211 g/mol. The van der Waals surface area contributed by atoms with Gasteiger partial charge in [-0.1, -0.05) is 11.3 Å². The second kappa shape index (κ2) is 3.81. The molecule has 0 aliphatic carbocycles. The first kappa shape index (κ1) is 9.23. The summed E-state index contributed by atoms with van der Waals surface area (Å²) in [4.78, 5) is 13.6. The van der Waals surface area contributed by atoms with Crippen LogP contribution in [-0.4, -0.2) is 23.3 Å². The molecule has 0 radical (unpaired) electrons. The number of rotatable bonds is 3. The molecule has 2 aromatic rings. The lowest BCUT2D eigenvalue weighted by atomic mass is 10.3. The van der Waals surface area contributed by atoms with Crippen molar-refractivity contribution in [1.29, 1.82) is 0 Å². The number of hydrogen-bond acceptors (Lipinski definition) is 4. The molecule has 0 saturated heterocycles. The fraction of sp³-hybridized carbons (Fsp3) is 0.222. The zero-order valence-electron chi connectivity index (χ0n) is 7.32. The summed E-state index contributed by atoms with van der Waals surface area (Å²) in [6.07, 6.45) is 0. The third kappa shape index (κ3) is 1.78. The van der Waals surface area contributed by atoms with Crippen molar-refractivity contribution in [3.63, 3.8) is 0 Å². The molecule has 0 amide bonds. The molecule has 4 nitrogen and oxygen atoms in total. The maximum atomic E-state index is 11.0. The minimum atomic E-state index is -0.0701. The molecule has 0 atom stereocenters. The molecule has 0 aliphatic heterocycles. The fourth-order valence-corrected chi connectivity index (χ4v) is 1.94. The number of aliphatic hydroxyl groups is 1. The van der Waals surface area contributed by atoms with Gasteiger partial charge in [0.15, 0.2) is 0 Å². The topological polar surface area (TPSA) is 62.3 Å². The minimum Gasteiger partial charge on any atom is -0.491 e. The van der Waals surface area contributed by atoms with Crippen LogP contribution in [0.1, 0.15) is 0 Å². The van der Waals surface area contributed by atoms with Gasteiger partial charge in [-0.05, 0) is 18.2 Å². The van der Waals surface area contributed by atoms with Gasteiger partial charge >= 0.3 is 4.87 Å². The first-order chi connectivity index (χ1) is 6.79. The third-order valence-electron chi connectivity index (χ3n) is 1.75. The Morgan fingerprint density at radius 2 is 2.36 bits per heavy atom. The number of hydrogen-bond donors (Lipinski definition) is 2. The Bertz CT molecular complexity index is 488. The highest BCUT2D eigenvalue weighted by molar-refractivity contribution is 7.16. The van der Waals surface area contributed by atoms with Gasteiger partial charge in [-0.2, -0.15) is 0 Å². The molecule has 1 aromatic heterocycles. The van der Waals surface area contributed by atoms with Gasteiger partial charge in [0.05, 0.1) is 16.8 Å². The van der Waals surface area contributed by atoms with Crippen LogP contribution in [0.2, 0.25) is 0 Å². The number of aromatic amines is 1. The van der Waals surface area contributed by atoms with Crippen LogP contribution in [0.4, 0.5) is 0 Å². The molecule has 0 saturated carbocycles. The molecule has 14 heavy (non-hydrogen) atoms. The highest BCUT2D eigenvalue weighted by atomic mass is 32.1. The summed E-state index contributed by atoms with van der Waals surface area (Å²) >= 11 is 1.15. The molecule has 1 aromatic carbocycles. The largest absolute Gasteiger partial charge is 0.491 e. The maximum absolute atomic E-state index is 11.0. The summed E-state index contributed by atoms with van der Waals surface area (Å²) in [5.41, 5.74) is 0.816. The Balaban J connectivity index is 2.35. The van der Waals surface area contributed by atoms with Crippen LogP contribution in [-0.2, 0) is 0 Å². The monoisotopic (exact) mass is 211 g/mol. The lowest BCUT2D eigenvalue weighted by Gasteiger charge is -2.02. The lowest BCUT2D eigenvalue weighted by molar-refractivity contribution is 0.201. The molecule has 0 aliphatic rings. The van der Waals surface area contributed by atoms with Crippen molar-refractivity contribution in [2.75, 3.05) is 13.2 Å². The van der Waals surface area contributed by atoms with Crippen LogP contribution in [0.3, 0.4) is 0 Å². The highest BCUT2D eigenvalue weighted by Gasteiger charge is 2.00. The molecule has 1 heterocycles. The van der Waals surface area contributed by atoms with Gasteiger partial charge in [0.1, 0.15) is 12.4 Å². The average Bonchev–Trinajstić information content (AvgIpc) is 2.54. The molecule has 5 heteroatoms. The normalized spacial score (nSPS) is 10.6. The van der Waals surface area contributed by atoms with E-state index in [2.05, 4.69) is 4.98 Å². The van der Waals surface area contributed by atoms with E-state index < -0.39 is 0 Å². The molecule has 0 bridgehead atoms. The number of benzene rings is 1. The summed E-state index contributed by atoms with van der Waals surface area (Å²) in [5.74, 6) is 0.668. The molecule has 0 fully saturated rings. The fourth-order valence-electron chi connectivity index (χ4n) is 1.18. The Morgan fingerprint density at radius 1 is 1.50 bits per heavy atom. The van der Waals surface area contributed by atoms with Crippen molar-refractivity contribution in [3.05, 3.63) is 27.9 Å². The summed E-state index contributed by atoms with van der Waals surface area (Å²) in [5, 5.41) is 8.57. The smallest absolute Gasteiger partial charge is 0.305 e. The van der Waals surface area contributed by atoms with E-state index in [4.69, 9.17) is 9.84 Å². The van der Waals surface area contributed by atoms with Crippen molar-refractivity contribution >= 4 is 21.6 Å². The van der Waals surface area contributed by atoms with Crippen LogP contribution in [0.5, 0.6) is 5.75 Å². The molecule has 2 N–H and O–H groups in total. The third-order valence-corrected chi connectivity index (χ3v) is 2.60. The van der Waals surface area contributed by atoms with E-state index >= 15 is 0 Å². The number of thiazole rings is 1. The van der Waals surface area contributed by atoms with Crippen molar-refractivity contribution in [2.24, 2.45) is 0 Å². The highest BCUT2D eigenvalue weighted by Crippen LogP contribution is 2.20. The quantitative estimate of drug-likeness (QED) is 0.794. The summed E-state index contributed by atoms with van der Waals surface area (Å²) in [6.45, 7) is 0.256. The van der Waals surface area contributed by atoms with Crippen molar-refractivity contribution in [3.8, 4) is 5.75 Å². The van der Waals surface area contributed by atoms with Crippen LogP contribution < -0.4 is 9.61 Å². The predicted molar refractivity (Wildman–Crippen MR) is 55.0 cm³/mol. The van der Waals surface area contributed by atoms with Crippen LogP contribution in [0, 0.1) is 0 Å². The van der Waals surface area contributed by atoms with Gasteiger partial charge in [0.2, 0.25) is 0 Å². The minimum absolute atomic E-state index is 0.0125. The van der Waals surface area contributed by atoms with E-state index in [1.807, 2.05) is 0 Å². The predicted octanol–water partition coefficient (Wildman–Crippen LogP) is 0.961. The summed E-state index contributed by atoms with van der Waals surface area (Å²) in [7, 11) is 0. The Labute approximate surface area is 83.8 Å². The zero-order chi connectivity index (χ0) is 9.97. The Kier molecular flexibility index (Phi) is 2.51. The second-order valence-corrected chi connectivity index (χ2v) is 3.76. The van der Waals surface area contributed by atoms with Gasteiger partial charge in [0, 0.05) is 0 Å². The second-order valence-electron chi connectivity index (χ2n) is 2.74. The summed E-state index contributed by atoms with van der Waals surface area (Å²) < 4.78 is 6.08. The molecule has 74 valence electrons. The molecule has 0 spiro atoms. The van der Waals surface area contributed by atoms with Crippen molar-refractivity contribution in [2.45, 2.75) is 0 Å². The Hall–Kier alpha value is -1.33. The number of aromatic nitrogens is 1. The van der Waals surface area contributed by atoms with E-state index in [-0.39, 0.29) is 18.1 Å². The van der Waals surface area contributed by atoms with Gasteiger partial charge in [0.25, 0.3) is 0 Å². The number of ether oxygens (including phenoxy) is 1. The van der Waals surface area contributed by atoms with Crippen LogP contribution >= 0.6 is 11.3 Å². The van der Waals surface area contributed by atoms with Gasteiger partial charge in [-0.25, -0.2) is 0 Å². The first-order valence-electron chi connectivity index (χ1n) is 4.16. The number of nitrogens with one attached hydrogen (secondary N) is 1. The van der Waals surface area contributed by atoms with E-state index in [0.29, 0.717) is 5.75 Å². The summed E-state index contributed by atoms with van der Waals surface area (Å²) in [6, 6.07) is 5.34. The SMILES string of the molecule is O=c1[nH]c2ccc(OCCO)cc2s1. The maximum Gasteiger partial charge on any atom is 0.305 e. The lowest BCUT2D eigenvalue weighted by Crippen LogP contribution is -2.01. The van der Waals surface area contributed by atoms with E-state index in [9.17, 15) is 4.79 Å². The molecule has 0 unspecified atom stereocenters. The van der Waals surface area contributed by atoms with Crippen molar-refractivity contribution in [1.82, 2.24) is 4.98 Å². The molecule has 2 rings (SSSR count). The molecular formula is C9H9NO3S. The zero-order valence-corrected chi connectivity index (χ0v) is 8.13. The number of H-pyrrole nitrogens is 1. The number of aliphatic hydroxyl groups excluding tert-OH is 1. The van der Waals surface area contributed by atoms with Crippen LogP contribution in [0.15, 0.2) is 23.0 Å². The van der Waals surface area contributed by atoms with Crippen molar-refractivity contribution < 1.29 is 9.84 Å². The number of fused-ring (bicyclic) bond motifs is 1. The van der Waals surface area contributed by atoms with Crippen LogP contribution in [0.25, 0.3) is 10.2 Å². The Morgan fingerprint density at radius 3 is 3.14 bits per heavy atom.